The molecule has 7 heteroatoms. The van der Waals surface area contributed by atoms with Gasteiger partial charge in [0.05, 0.1) is 5.75 Å². The van der Waals surface area contributed by atoms with Crippen molar-refractivity contribution < 1.29 is 9.59 Å². The second-order valence-electron chi connectivity index (χ2n) is 7.80. The van der Waals surface area contributed by atoms with E-state index in [1.54, 1.807) is 36.4 Å². The van der Waals surface area contributed by atoms with Gasteiger partial charge < -0.3 is 9.88 Å². The third kappa shape index (κ3) is 5.22. The van der Waals surface area contributed by atoms with E-state index in [9.17, 15) is 9.59 Å². The summed E-state index contributed by atoms with van der Waals surface area (Å²) in [6, 6.07) is 16.5. The molecule has 1 heterocycles. The molecule has 4 rings (SSSR count). The summed E-state index contributed by atoms with van der Waals surface area (Å²) >= 11 is 1.45. The van der Waals surface area contributed by atoms with Gasteiger partial charge in [-0.1, -0.05) is 49.2 Å². The maximum atomic E-state index is 12.7. The summed E-state index contributed by atoms with van der Waals surface area (Å²) in [5.74, 6) is 1.08. The lowest BCUT2D eigenvalue weighted by Crippen LogP contribution is -2.15. The van der Waals surface area contributed by atoms with E-state index >= 15 is 0 Å². The van der Waals surface area contributed by atoms with Gasteiger partial charge in [-0.05, 0) is 56.2 Å². The highest BCUT2D eigenvalue weighted by molar-refractivity contribution is 7.99. The largest absolute Gasteiger partial charge is 0.322 e. The van der Waals surface area contributed by atoms with Gasteiger partial charge in [0.1, 0.15) is 5.82 Å². The lowest BCUT2D eigenvalue weighted by atomic mass is 9.95. The number of carbonyl (C=O) groups excluding carboxylic acids is 2. The van der Waals surface area contributed by atoms with Crippen molar-refractivity contribution in [2.24, 2.45) is 0 Å². The van der Waals surface area contributed by atoms with E-state index in [4.69, 9.17) is 0 Å². The number of hydrogen-bond donors (Lipinski definition) is 1. The Bertz CT molecular complexity index is 1040. The van der Waals surface area contributed by atoms with Crippen molar-refractivity contribution in [1.82, 2.24) is 14.8 Å². The molecule has 1 N–H and O–H groups in total. The molecule has 0 radical (unpaired) electrons. The molecular formula is C24H26N4O2S. The Morgan fingerprint density at radius 2 is 1.68 bits per heavy atom. The number of aromatic nitrogens is 3. The summed E-state index contributed by atoms with van der Waals surface area (Å²) in [5, 5.41) is 12.2. The van der Waals surface area contributed by atoms with Crippen LogP contribution in [0.15, 0.2) is 59.8 Å². The van der Waals surface area contributed by atoms with Crippen LogP contribution in [0.3, 0.4) is 0 Å². The highest BCUT2D eigenvalue weighted by Crippen LogP contribution is 2.32. The van der Waals surface area contributed by atoms with Crippen LogP contribution in [0.2, 0.25) is 0 Å². The molecule has 6 nitrogen and oxygen atoms in total. The van der Waals surface area contributed by atoms with Crippen LogP contribution in [0, 0.1) is 6.92 Å². The van der Waals surface area contributed by atoms with Crippen LogP contribution in [0.4, 0.5) is 5.69 Å². The van der Waals surface area contributed by atoms with Crippen LogP contribution in [0.5, 0.6) is 0 Å². The average Bonchev–Trinajstić information content (AvgIpc) is 3.19. The second-order valence-corrected chi connectivity index (χ2v) is 8.74. The number of Topliss-reactive ketones (excluding diaryl/α,β-unsaturated/α-hetero) is 1. The smallest absolute Gasteiger partial charge is 0.255 e. The first kappa shape index (κ1) is 21.3. The number of anilines is 1. The SMILES string of the molecule is Cc1nnc(SCC(=O)c2ccc(NC(=O)c3ccccc3)cc2)n1C1CCCCC1. The van der Waals surface area contributed by atoms with Crippen LogP contribution >= 0.6 is 11.8 Å². The first-order chi connectivity index (χ1) is 15.1. The van der Waals surface area contributed by atoms with Crippen molar-refractivity contribution in [1.29, 1.82) is 0 Å². The quantitative estimate of drug-likeness (QED) is 0.402. The van der Waals surface area contributed by atoms with Crippen LogP contribution in [-0.2, 0) is 0 Å². The fourth-order valence-electron chi connectivity index (χ4n) is 3.95. The van der Waals surface area contributed by atoms with E-state index < -0.39 is 0 Å². The molecule has 1 aromatic heterocycles. The van der Waals surface area contributed by atoms with Gasteiger partial charge in [-0.2, -0.15) is 0 Å². The summed E-state index contributed by atoms with van der Waals surface area (Å²) in [5.41, 5.74) is 1.87. The zero-order valence-corrected chi connectivity index (χ0v) is 18.4. The predicted molar refractivity (Wildman–Crippen MR) is 123 cm³/mol. The maximum absolute atomic E-state index is 12.7. The van der Waals surface area contributed by atoms with Gasteiger partial charge in [-0.15, -0.1) is 10.2 Å². The molecule has 1 amide bonds. The topological polar surface area (TPSA) is 76.9 Å². The minimum absolute atomic E-state index is 0.0294. The van der Waals surface area contributed by atoms with Gasteiger partial charge in [0, 0.05) is 22.9 Å². The number of ketones is 1. The van der Waals surface area contributed by atoms with E-state index in [2.05, 4.69) is 20.1 Å². The number of hydrogen-bond acceptors (Lipinski definition) is 5. The molecule has 0 atom stereocenters. The van der Waals surface area contributed by atoms with Gasteiger partial charge in [-0.3, -0.25) is 9.59 Å². The zero-order valence-electron chi connectivity index (χ0n) is 17.6. The lowest BCUT2D eigenvalue weighted by Gasteiger charge is -2.24. The molecule has 0 aliphatic heterocycles. The molecule has 160 valence electrons. The lowest BCUT2D eigenvalue weighted by molar-refractivity contribution is 0.101. The van der Waals surface area contributed by atoms with E-state index in [0.717, 1.165) is 23.8 Å². The Kier molecular flexibility index (Phi) is 6.82. The molecule has 0 unspecified atom stereocenters. The van der Waals surface area contributed by atoms with Gasteiger partial charge in [0.25, 0.3) is 5.91 Å². The number of aryl methyl sites for hydroxylation is 1. The Labute approximate surface area is 186 Å². The van der Waals surface area contributed by atoms with Crippen molar-refractivity contribution in [3.05, 3.63) is 71.5 Å². The first-order valence-corrected chi connectivity index (χ1v) is 11.6. The molecule has 1 aliphatic rings. The average molecular weight is 435 g/mol. The molecule has 0 bridgehead atoms. The molecule has 3 aromatic rings. The van der Waals surface area contributed by atoms with E-state index in [1.165, 1.54) is 31.0 Å². The Hall–Kier alpha value is -2.93. The van der Waals surface area contributed by atoms with Crippen molar-refractivity contribution in [2.75, 3.05) is 11.1 Å². The van der Waals surface area contributed by atoms with Gasteiger partial charge in [0.15, 0.2) is 10.9 Å². The van der Waals surface area contributed by atoms with Crippen LogP contribution in [0.25, 0.3) is 0 Å². The van der Waals surface area contributed by atoms with E-state index in [-0.39, 0.29) is 11.7 Å². The number of rotatable bonds is 7. The minimum atomic E-state index is -0.173. The normalized spacial score (nSPS) is 14.4. The Morgan fingerprint density at radius 3 is 2.39 bits per heavy atom. The van der Waals surface area contributed by atoms with Crippen LogP contribution < -0.4 is 5.32 Å². The number of amides is 1. The monoisotopic (exact) mass is 434 g/mol. The molecule has 0 spiro atoms. The van der Waals surface area contributed by atoms with E-state index in [0.29, 0.717) is 28.6 Å². The summed E-state index contributed by atoms with van der Waals surface area (Å²) in [6.07, 6.45) is 6.06. The number of thioether (sulfide) groups is 1. The zero-order chi connectivity index (χ0) is 21.6. The van der Waals surface area contributed by atoms with Gasteiger partial charge >= 0.3 is 0 Å². The Morgan fingerprint density at radius 1 is 0.968 bits per heavy atom. The fraction of sp³-hybridized carbons (Fsp3) is 0.333. The number of nitrogens with one attached hydrogen (secondary N) is 1. The van der Waals surface area contributed by atoms with Crippen LogP contribution in [-0.4, -0.2) is 32.2 Å². The highest BCUT2D eigenvalue weighted by atomic mass is 32.2. The standard InChI is InChI=1S/C24H26N4O2S/c1-17-26-27-24(28(17)21-10-6-3-7-11-21)31-16-22(29)18-12-14-20(15-13-18)25-23(30)19-8-4-2-5-9-19/h2,4-5,8-9,12-15,21H,3,6-7,10-11,16H2,1H3,(H,25,30). The molecule has 1 saturated carbocycles. The van der Waals surface area contributed by atoms with Crippen molar-refractivity contribution >= 4 is 29.1 Å². The number of benzene rings is 2. The molecule has 2 aromatic carbocycles. The summed E-state index contributed by atoms with van der Waals surface area (Å²) in [7, 11) is 0. The van der Waals surface area contributed by atoms with Crippen molar-refractivity contribution in [3.8, 4) is 0 Å². The second kappa shape index (κ2) is 9.92. The van der Waals surface area contributed by atoms with E-state index in [1.807, 2.05) is 25.1 Å². The van der Waals surface area contributed by atoms with Gasteiger partial charge in [0.2, 0.25) is 0 Å². The maximum Gasteiger partial charge on any atom is 0.255 e. The van der Waals surface area contributed by atoms with Crippen LogP contribution in [0.1, 0.15) is 64.7 Å². The number of nitrogens with zero attached hydrogens (tertiary/aromatic N) is 3. The number of carbonyl (C=O) groups is 2. The summed E-state index contributed by atoms with van der Waals surface area (Å²) < 4.78 is 2.21. The minimum Gasteiger partial charge on any atom is -0.322 e. The third-order valence-electron chi connectivity index (χ3n) is 5.61. The van der Waals surface area contributed by atoms with Gasteiger partial charge in [-0.25, -0.2) is 0 Å². The molecule has 0 saturated heterocycles. The van der Waals surface area contributed by atoms with Crippen molar-refractivity contribution in [3.63, 3.8) is 0 Å². The third-order valence-corrected chi connectivity index (χ3v) is 6.55. The molecular weight excluding hydrogens is 408 g/mol. The molecule has 1 fully saturated rings. The summed E-state index contributed by atoms with van der Waals surface area (Å²) in [4.78, 5) is 25.0. The Balaban J connectivity index is 1.36. The molecule has 1 aliphatic carbocycles. The fourth-order valence-corrected chi connectivity index (χ4v) is 4.90. The summed E-state index contributed by atoms with van der Waals surface area (Å²) in [6.45, 7) is 1.98. The predicted octanol–water partition coefficient (Wildman–Crippen LogP) is 5.32. The molecule has 31 heavy (non-hydrogen) atoms. The first-order valence-electron chi connectivity index (χ1n) is 10.7. The van der Waals surface area contributed by atoms with Crippen molar-refractivity contribution in [2.45, 2.75) is 50.2 Å². The highest BCUT2D eigenvalue weighted by Gasteiger charge is 2.22.